The number of rotatable bonds is 5. The first-order valence-corrected chi connectivity index (χ1v) is 7.52. The molecule has 2 rings (SSSR count). The molecule has 1 heterocycles. The zero-order valence-electron chi connectivity index (χ0n) is 10.5. The lowest BCUT2D eigenvalue weighted by molar-refractivity contribution is -0.133. The van der Waals surface area contributed by atoms with Crippen LogP contribution in [-0.2, 0) is 11.2 Å². The van der Waals surface area contributed by atoms with Crippen molar-refractivity contribution in [3.8, 4) is 5.69 Å². The van der Waals surface area contributed by atoms with Gasteiger partial charge in [-0.15, -0.1) is 10.2 Å². The Kier molecular flexibility index (Phi) is 4.91. The number of carboxylic acid groups (broad SMARTS) is 1. The van der Waals surface area contributed by atoms with Gasteiger partial charge in [0.15, 0.2) is 5.16 Å². The summed E-state index contributed by atoms with van der Waals surface area (Å²) in [4.78, 5) is 10.7. The SMILES string of the molecule is CCc1nnc(SCC(=O)O)n1-c1cccc(Cl)c1Cl. The summed E-state index contributed by atoms with van der Waals surface area (Å²) in [7, 11) is 0. The molecule has 1 aromatic heterocycles. The molecule has 0 radical (unpaired) electrons. The van der Waals surface area contributed by atoms with Crippen molar-refractivity contribution < 1.29 is 9.90 Å². The van der Waals surface area contributed by atoms with Crippen molar-refractivity contribution in [3.05, 3.63) is 34.1 Å². The van der Waals surface area contributed by atoms with Crippen LogP contribution in [0.1, 0.15) is 12.7 Å². The molecule has 0 aliphatic rings. The molecular formula is C12H11Cl2N3O2S. The molecule has 0 amide bonds. The van der Waals surface area contributed by atoms with Gasteiger partial charge in [-0.25, -0.2) is 0 Å². The molecule has 0 fully saturated rings. The van der Waals surface area contributed by atoms with Crippen molar-refractivity contribution in [3.63, 3.8) is 0 Å². The third-order valence-electron chi connectivity index (χ3n) is 2.51. The Morgan fingerprint density at radius 1 is 1.40 bits per heavy atom. The second-order valence-corrected chi connectivity index (χ2v) is 5.57. The fraction of sp³-hybridized carbons (Fsp3) is 0.250. The van der Waals surface area contributed by atoms with E-state index in [4.69, 9.17) is 28.3 Å². The lowest BCUT2D eigenvalue weighted by atomic mass is 10.3. The van der Waals surface area contributed by atoms with Crippen molar-refractivity contribution in [2.75, 3.05) is 5.75 Å². The average molecular weight is 332 g/mol. The molecule has 0 aliphatic carbocycles. The molecule has 0 spiro atoms. The summed E-state index contributed by atoms with van der Waals surface area (Å²) in [6, 6.07) is 5.25. The fourth-order valence-corrected chi connectivity index (χ4v) is 2.72. The van der Waals surface area contributed by atoms with Crippen LogP contribution in [0.25, 0.3) is 5.69 Å². The van der Waals surface area contributed by atoms with Gasteiger partial charge in [0.2, 0.25) is 0 Å². The van der Waals surface area contributed by atoms with Gasteiger partial charge in [-0.05, 0) is 12.1 Å². The highest BCUT2D eigenvalue weighted by Gasteiger charge is 2.17. The lowest BCUT2D eigenvalue weighted by Crippen LogP contribution is -2.05. The molecule has 1 N–H and O–H groups in total. The van der Waals surface area contributed by atoms with Gasteiger partial charge in [-0.2, -0.15) is 0 Å². The highest BCUT2D eigenvalue weighted by atomic mass is 35.5. The second-order valence-electron chi connectivity index (χ2n) is 3.84. The van der Waals surface area contributed by atoms with E-state index in [1.165, 1.54) is 0 Å². The quantitative estimate of drug-likeness (QED) is 0.851. The van der Waals surface area contributed by atoms with E-state index >= 15 is 0 Å². The normalized spacial score (nSPS) is 10.8. The highest BCUT2D eigenvalue weighted by Crippen LogP contribution is 2.32. The average Bonchev–Trinajstić information content (AvgIpc) is 2.82. The maximum atomic E-state index is 10.7. The molecule has 0 bridgehead atoms. The number of hydrogen-bond donors (Lipinski definition) is 1. The Bertz CT molecular complexity index is 646. The standard InChI is InChI=1S/C12H11Cl2N3O2S/c1-2-9-15-16-12(20-6-10(18)19)17(9)8-5-3-4-7(13)11(8)14/h3-5H,2,6H2,1H3,(H,18,19). The number of nitrogens with zero attached hydrogens (tertiary/aromatic N) is 3. The first-order chi connectivity index (χ1) is 9.54. The van der Waals surface area contributed by atoms with Crippen LogP contribution in [0.2, 0.25) is 10.0 Å². The number of aromatic nitrogens is 3. The van der Waals surface area contributed by atoms with Crippen molar-refractivity contribution in [2.45, 2.75) is 18.5 Å². The number of halogens is 2. The molecule has 5 nitrogen and oxygen atoms in total. The summed E-state index contributed by atoms with van der Waals surface area (Å²) < 4.78 is 1.74. The summed E-state index contributed by atoms with van der Waals surface area (Å²) in [5, 5.41) is 18.1. The minimum Gasteiger partial charge on any atom is -0.481 e. The first kappa shape index (κ1) is 15.2. The van der Waals surface area contributed by atoms with Gasteiger partial charge in [0.05, 0.1) is 21.5 Å². The third-order valence-corrected chi connectivity index (χ3v) is 4.24. The van der Waals surface area contributed by atoms with Gasteiger partial charge in [-0.3, -0.25) is 9.36 Å². The number of carboxylic acids is 1. The minimum absolute atomic E-state index is 0.0972. The molecule has 8 heteroatoms. The zero-order valence-corrected chi connectivity index (χ0v) is 12.8. The summed E-state index contributed by atoms with van der Waals surface area (Å²) in [5.41, 5.74) is 0.647. The smallest absolute Gasteiger partial charge is 0.313 e. The Balaban J connectivity index is 2.50. The third kappa shape index (κ3) is 3.08. The Hall–Kier alpha value is -1.24. The largest absolute Gasteiger partial charge is 0.481 e. The monoisotopic (exact) mass is 331 g/mol. The number of thioether (sulfide) groups is 1. The minimum atomic E-state index is -0.917. The summed E-state index contributed by atoms with van der Waals surface area (Å²) >= 11 is 13.3. The van der Waals surface area contributed by atoms with Crippen LogP contribution < -0.4 is 0 Å². The highest BCUT2D eigenvalue weighted by molar-refractivity contribution is 7.99. The van der Waals surface area contributed by atoms with E-state index < -0.39 is 5.97 Å². The molecule has 106 valence electrons. The van der Waals surface area contributed by atoms with E-state index in [1.807, 2.05) is 6.92 Å². The van der Waals surface area contributed by atoms with Crippen LogP contribution in [0.15, 0.2) is 23.4 Å². The lowest BCUT2D eigenvalue weighted by Gasteiger charge is -2.11. The van der Waals surface area contributed by atoms with Crippen molar-refractivity contribution in [2.24, 2.45) is 0 Å². The van der Waals surface area contributed by atoms with E-state index in [1.54, 1.807) is 22.8 Å². The number of aryl methyl sites for hydroxylation is 1. The van der Waals surface area contributed by atoms with Gasteiger partial charge in [0.1, 0.15) is 5.82 Å². The van der Waals surface area contributed by atoms with Crippen LogP contribution in [0.3, 0.4) is 0 Å². The van der Waals surface area contributed by atoms with Crippen LogP contribution in [0.4, 0.5) is 0 Å². The number of benzene rings is 1. The number of hydrogen-bond acceptors (Lipinski definition) is 4. The first-order valence-electron chi connectivity index (χ1n) is 5.77. The van der Waals surface area contributed by atoms with E-state index in [9.17, 15) is 4.79 Å². The van der Waals surface area contributed by atoms with Crippen LogP contribution in [0.5, 0.6) is 0 Å². The predicted molar refractivity (Wildman–Crippen MR) is 79.1 cm³/mol. The maximum Gasteiger partial charge on any atom is 0.313 e. The van der Waals surface area contributed by atoms with Crippen LogP contribution in [0, 0.1) is 0 Å². The van der Waals surface area contributed by atoms with Gasteiger partial charge >= 0.3 is 5.97 Å². The van der Waals surface area contributed by atoms with Crippen LogP contribution in [-0.4, -0.2) is 31.6 Å². The Labute approximate surface area is 129 Å². The van der Waals surface area contributed by atoms with Gasteiger partial charge in [0.25, 0.3) is 0 Å². The predicted octanol–water partition coefficient (Wildman–Crippen LogP) is 3.31. The molecule has 0 atom stereocenters. The molecule has 1 aromatic carbocycles. The molecule has 0 unspecified atom stereocenters. The number of carbonyl (C=O) groups is 1. The van der Waals surface area contributed by atoms with Crippen molar-refractivity contribution in [1.29, 1.82) is 0 Å². The Morgan fingerprint density at radius 2 is 2.15 bits per heavy atom. The summed E-state index contributed by atoms with van der Waals surface area (Å²) in [5.74, 6) is -0.318. The van der Waals surface area contributed by atoms with Crippen molar-refractivity contribution in [1.82, 2.24) is 14.8 Å². The zero-order chi connectivity index (χ0) is 14.7. The van der Waals surface area contributed by atoms with Crippen LogP contribution >= 0.6 is 35.0 Å². The molecule has 0 aliphatic heterocycles. The fourth-order valence-electron chi connectivity index (χ4n) is 1.66. The van der Waals surface area contributed by atoms with Gasteiger partial charge < -0.3 is 5.11 Å². The van der Waals surface area contributed by atoms with Gasteiger partial charge in [-0.1, -0.05) is 48.0 Å². The van der Waals surface area contributed by atoms with E-state index in [0.717, 1.165) is 11.8 Å². The van der Waals surface area contributed by atoms with E-state index in [0.29, 0.717) is 33.1 Å². The summed E-state index contributed by atoms with van der Waals surface area (Å²) in [6.45, 7) is 1.94. The maximum absolute atomic E-state index is 10.7. The Morgan fingerprint density at radius 3 is 2.80 bits per heavy atom. The second kappa shape index (κ2) is 6.47. The van der Waals surface area contributed by atoms with E-state index in [2.05, 4.69) is 10.2 Å². The van der Waals surface area contributed by atoms with Gasteiger partial charge in [0, 0.05) is 6.42 Å². The molecule has 0 saturated heterocycles. The summed E-state index contributed by atoms with van der Waals surface area (Å²) in [6.07, 6.45) is 0.642. The molecular weight excluding hydrogens is 321 g/mol. The number of aliphatic carboxylic acids is 1. The molecule has 20 heavy (non-hydrogen) atoms. The van der Waals surface area contributed by atoms with Crippen molar-refractivity contribution >= 4 is 40.9 Å². The molecule has 0 saturated carbocycles. The van der Waals surface area contributed by atoms with E-state index in [-0.39, 0.29) is 5.75 Å². The topological polar surface area (TPSA) is 68.0 Å². The molecule has 2 aromatic rings.